The van der Waals surface area contributed by atoms with Crippen LogP contribution in [0, 0.1) is 5.82 Å². The molecule has 0 amide bonds. The summed E-state index contributed by atoms with van der Waals surface area (Å²) in [6, 6.07) is 12.4. The summed E-state index contributed by atoms with van der Waals surface area (Å²) in [5.74, 6) is -1.48. The number of Topliss-reactive ketones (excluding diaryl/α,β-unsaturated/α-hetero) is 1. The molecule has 0 unspecified atom stereocenters. The molecule has 0 N–H and O–H groups in total. The number of unbranched alkanes of at least 4 members (excludes halogenated alkanes) is 1. The molecule has 3 aromatic rings. The van der Waals surface area contributed by atoms with Crippen LogP contribution in [0.4, 0.5) is 17.6 Å². The third-order valence-electron chi connectivity index (χ3n) is 5.60. The van der Waals surface area contributed by atoms with Gasteiger partial charge in [-0.15, -0.1) is 11.3 Å². The van der Waals surface area contributed by atoms with E-state index >= 15 is 0 Å². The average Bonchev–Trinajstić information content (AvgIpc) is 3.34. The molecule has 0 atom stereocenters. The highest BCUT2D eigenvalue weighted by molar-refractivity contribution is 7.17. The van der Waals surface area contributed by atoms with E-state index in [1.807, 2.05) is 6.92 Å². The maximum absolute atomic E-state index is 14.7. The van der Waals surface area contributed by atoms with Gasteiger partial charge in [-0.1, -0.05) is 31.5 Å². The summed E-state index contributed by atoms with van der Waals surface area (Å²) in [5.41, 5.74) is -0.924. The summed E-state index contributed by atoms with van der Waals surface area (Å²) in [5, 5.41) is 0. The first-order valence-electron chi connectivity index (χ1n) is 11.9. The van der Waals surface area contributed by atoms with E-state index < -0.39 is 29.1 Å². The van der Waals surface area contributed by atoms with E-state index in [9.17, 15) is 27.2 Å². The van der Waals surface area contributed by atoms with Gasteiger partial charge in [0.15, 0.2) is 23.0 Å². The van der Waals surface area contributed by atoms with Crippen LogP contribution in [0.1, 0.15) is 60.8 Å². The highest BCUT2D eigenvalue weighted by Crippen LogP contribution is 2.33. The van der Waals surface area contributed by atoms with Crippen molar-refractivity contribution in [3.05, 3.63) is 76.4 Å². The summed E-state index contributed by atoms with van der Waals surface area (Å²) >= 11 is 1.20. The van der Waals surface area contributed by atoms with E-state index in [0.717, 1.165) is 25.0 Å². The molecule has 0 saturated heterocycles. The number of esters is 1. The molecule has 0 spiro atoms. The van der Waals surface area contributed by atoms with Crippen LogP contribution in [0.15, 0.2) is 54.6 Å². The fourth-order valence-electron chi connectivity index (χ4n) is 3.43. The van der Waals surface area contributed by atoms with Gasteiger partial charge in [-0.2, -0.15) is 13.2 Å². The maximum Gasteiger partial charge on any atom is 0.416 e. The molecule has 0 radical (unpaired) electrons. The summed E-state index contributed by atoms with van der Waals surface area (Å²) in [6.45, 7) is 5.26. The summed E-state index contributed by atoms with van der Waals surface area (Å²) < 4.78 is 63.7. The van der Waals surface area contributed by atoms with Crippen molar-refractivity contribution in [1.82, 2.24) is 0 Å². The van der Waals surface area contributed by atoms with Crippen molar-refractivity contribution in [3.63, 3.8) is 0 Å². The fourth-order valence-corrected chi connectivity index (χ4v) is 4.41. The first-order chi connectivity index (χ1) is 17.4. The lowest BCUT2D eigenvalue weighted by Crippen LogP contribution is -2.40. The molecule has 1 heterocycles. The van der Waals surface area contributed by atoms with Crippen molar-refractivity contribution < 1.29 is 36.6 Å². The van der Waals surface area contributed by atoms with E-state index in [1.165, 1.54) is 49.4 Å². The van der Waals surface area contributed by atoms with Gasteiger partial charge in [-0.05, 0) is 74.2 Å². The molecule has 4 nitrogen and oxygen atoms in total. The Labute approximate surface area is 217 Å². The van der Waals surface area contributed by atoms with Gasteiger partial charge in [0.1, 0.15) is 0 Å². The smallest absolute Gasteiger partial charge is 0.416 e. The Kier molecular flexibility index (Phi) is 9.12. The lowest BCUT2D eigenvalue weighted by Gasteiger charge is -2.24. The van der Waals surface area contributed by atoms with Crippen molar-refractivity contribution in [2.45, 2.75) is 58.2 Å². The average molecular weight is 537 g/mol. The zero-order chi connectivity index (χ0) is 27.2. The number of hydrogen-bond donors (Lipinski definition) is 0. The number of rotatable bonds is 11. The molecule has 0 aliphatic rings. The summed E-state index contributed by atoms with van der Waals surface area (Å²) in [4.78, 5) is 26.0. The molecule has 37 heavy (non-hydrogen) atoms. The monoisotopic (exact) mass is 536 g/mol. The Morgan fingerprint density at radius 3 is 2.30 bits per heavy atom. The molecule has 0 fully saturated rings. The maximum atomic E-state index is 14.7. The lowest BCUT2D eigenvalue weighted by atomic mass is 10.1. The van der Waals surface area contributed by atoms with Crippen molar-refractivity contribution >= 4 is 23.1 Å². The Balaban J connectivity index is 1.58. The van der Waals surface area contributed by atoms with E-state index in [0.29, 0.717) is 20.9 Å². The molecular formula is C28H28F4O4S. The number of ketones is 1. The van der Waals surface area contributed by atoms with Gasteiger partial charge in [0, 0.05) is 11.3 Å². The number of carbonyl (C=O) groups excluding carboxylic acids is 2. The third kappa shape index (κ3) is 7.64. The summed E-state index contributed by atoms with van der Waals surface area (Å²) in [6.07, 6.45) is -2.39. The van der Waals surface area contributed by atoms with Crippen LogP contribution in [0.25, 0.3) is 10.4 Å². The predicted molar refractivity (Wildman–Crippen MR) is 134 cm³/mol. The van der Waals surface area contributed by atoms with Crippen LogP contribution in [-0.4, -0.2) is 24.0 Å². The molecule has 1 aromatic heterocycles. The molecule has 0 saturated carbocycles. The van der Waals surface area contributed by atoms with Crippen LogP contribution in [0.5, 0.6) is 5.75 Å². The number of thiophene rings is 1. The van der Waals surface area contributed by atoms with E-state index in [4.69, 9.17) is 9.47 Å². The fraction of sp³-hybridized carbons (Fsp3) is 0.357. The number of carbonyl (C=O) groups is 2. The van der Waals surface area contributed by atoms with Gasteiger partial charge in [-0.25, -0.2) is 9.18 Å². The minimum Gasteiger partial charge on any atom is -0.473 e. The van der Waals surface area contributed by atoms with Gasteiger partial charge in [0.05, 0.1) is 17.0 Å². The van der Waals surface area contributed by atoms with Crippen molar-refractivity contribution in [3.8, 4) is 16.2 Å². The molecule has 0 aliphatic heterocycles. The van der Waals surface area contributed by atoms with Gasteiger partial charge in [0.2, 0.25) is 0 Å². The quantitative estimate of drug-likeness (QED) is 0.108. The van der Waals surface area contributed by atoms with E-state index in [2.05, 4.69) is 0 Å². The number of aryl methyl sites for hydroxylation is 1. The highest BCUT2D eigenvalue weighted by Gasteiger charge is 2.33. The first-order valence-corrected chi connectivity index (χ1v) is 12.7. The number of hydrogen-bond acceptors (Lipinski definition) is 5. The third-order valence-corrected chi connectivity index (χ3v) is 6.78. The van der Waals surface area contributed by atoms with Crippen LogP contribution in [-0.2, 0) is 22.1 Å². The second-order valence-corrected chi connectivity index (χ2v) is 10.1. The minimum atomic E-state index is -4.41. The number of alkyl halides is 3. The van der Waals surface area contributed by atoms with Crippen LogP contribution in [0.2, 0.25) is 0 Å². The van der Waals surface area contributed by atoms with E-state index in [1.54, 1.807) is 18.2 Å². The summed E-state index contributed by atoms with van der Waals surface area (Å²) in [7, 11) is 0. The Bertz CT molecular complexity index is 1230. The van der Waals surface area contributed by atoms with Gasteiger partial charge in [0.25, 0.3) is 0 Å². The van der Waals surface area contributed by atoms with Gasteiger partial charge >= 0.3 is 12.1 Å². The normalized spacial score (nSPS) is 11.9. The minimum absolute atomic E-state index is 0.0908. The highest BCUT2D eigenvalue weighted by atomic mass is 32.1. The number of benzene rings is 2. The van der Waals surface area contributed by atoms with Crippen molar-refractivity contribution in [2.24, 2.45) is 0 Å². The first kappa shape index (κ1) is 28.4. The van der Waals surface area contributed by atoms with Crippen molar-refractivity contribution in [2.75, 3.05) is 6.61 Å². The zero-order valence-electron chi connectivity index (χ0n) is 20.8. The molecule has 198 valence electrons. The second kappa shape index (κ2) is 11.9. The molecule has 2 aromatic carbocycles. The molecule has 0 bridgehead atoms. The second-order valence-electron chi connectivity index (χ2n) is 9.03. The van der Waals surface area contributed by atoms with Crippen molar-refractivity contribution in [1.29, 1.82) is 0 Å². The Hall–Kier alpha value is -3.20. The standard InChI is InChI=1S/C28H28F4O4S/c1-4-5-16-35-26(34)27(2,3)36-23-13-7-18(17-21(23)29)6-12-22(33)25-15-14-24(37-25)19-8-10-20(11-9-19)28(30,31)32/h7-11,13-15,17H,4-6,12,16H2,1-3H3. The topological polar surface area (TPSA) is 52.6 Å². The molecule has 9 heteroatoms. The molecule has 3 rings (SSSR count). The molecule has 0 aliphatic carbocycles. The zero-order valence-corrected chi connectivity index (χ0v) is 21.6. The largest absolute Gasteiger partial charge is 0.473 e. The number of halogens is 4. The SMILES string of the molecule is CCCCOC(=O)C(C)(C)Oc1ccc(CCC(=O)c2ccc(-c3ccc(C(F)(F)F)cc3)s2)cc1F. The Morgan fingerprint density at radius 1 is 0.973 bits per heavy atom. The Morgan fingerprint density at radius 2 is 1.68 bits per heavy atom. The lowest BCUT2D eigenvalue weighted by molar-refractivity contribution is -0.159. The predicted octanol–water partition coefficient (Wildman–Crippen LogP) is 7.89. The van der Waals surface area contributed by atoms with Crippen LogP contribution < -0.4 is 4.74 Å². The van der Waals surface area contributed by atoms with Crippen LogP contribution in [0.3, 0.4) is 0 Å². The van der Waals surface area contributed by atoms with E-state index in [-0.39, 0.29) is 31.0 Å². The number of ether oxygens (including phenoxy) is 2. The van der Waals surface area contributed by atoms with Gasteiger partial charge in [-0.3, -0.25) is 4.79 Å². The van der Waals surface area contributed by atoms with Crippen LogP contribution >= 0.6 is 11.3 Å². The molecular weight excluding hydrogens is 508 g/mol. The van der Waals surface area contributed by atoms with Gasteiger partial charge < -0.3 is 9.47 Å².